The van der Waals surface area contributed by atoms with Crippen molar-refractivity contribution in [3.8, 4) is 67.5 Å². The molecule has 0 amide bonds. The minimum absolute atomic E-state index is 0.0460. The van der Waals surface area contributed by atoms with Crippen LogP contribution >= 0.6 is 0 Å². The summed E-state index contributed by atoms with van der Waals surface area (Å²) in [5.74, 6) is 1.80. The van der Waals surface area contributed by atoms with Crippen LogP contribution in [0.2, 0.25) is 0 Å². The van der Waals surface area contributed by atoms with Crippen LogP contribution < -0.4 is 5.69 Å². The Morgan fingerprint density at radius 2 is 0.729 bits per heavy atom. The summed E-state index contributed by atoms with van der Waals surface area (Å²) in [6.07, 6.45) is 0. The van der Waals surface area contributed by atoms with Crippen molar-refractivity contribution >= 4 is 11.0 Å². The highest BCUT2D eigenvalue weighted by Gasteiger charge is 2.15. The molecule has 6 aromatic carbocycles. The molecule has 8 aromatic rings. The first-order valence-electron chi connectivity index (χ1n) is 15.9. The van der Waals surface area contributed by atoms with Crippen molar-refractivity contribution < 1.29 is 0 Å². The predicted molar refractivity (Wildman–Crippen MR) is 194 cm³/mol. The molecule has 2 heterocycles. The molecule has 0 spiro atoms. The summed E-state index contributed by atoms with van der Waals surface area (Å²) in [5.41, 5.74) is 11.0. The number of aryl methyl sites for hydroxylation is 2. The van der Waals surface area contributed by atoms with Crippen LogP contribution in [0.15, 0.2) is 156 Å². The smallest absolute Gasteiger partial charge is 0.295 e. The second-order valence-electron chi connectivity index (χ2n) is 11.9. The number of imidazole rings is 1. The lowest BCUT2D eigenvalue weighted by Crippen LogP contribution is -2.19. The van der Waals surface area contributed by atoms with Crippen LogP contribution in [0.5, 0.6) is 0 Å². The zero-order chi connectivity index (χ0) is 32.6. The number of hydrogen-bond donors (Lipinski definition) is 0. The number of aromatic nitrogens is 5. The molecule has 2 aromatic heterocycles. The van der Waals surface area contributed by atoms with Crippen LogP contribution in [0.3, 0.4) is 0 Å². The molecule has 0 saturated carbocycles. The fourth-order valence-corrected chi connectivity index (χ4v) is 6.20. The van der Waals surface area contributed by atoms with E-state index < -0.39 is 0 Å². The average molecular weight is 622 g/mol. The van der Waals surface area contributed by atoms with E-state index in [1.54, 1.807) is 23.2 Å². The molecule has 0 aliphatic heterocycles. The molecular formula is C42H31N5O. The van der Waals surface area contributed by atoms with Crippen LogP contribution in [-0.2, 0) is 14.1 Å². The zero-order valence-electron chi connectivity index (χ0n) is 26.6. The Morgan fingerprint density at radius 3 is 1.31 bits per heavy atom. The fourth-order valence-electron chi connectivity index (χ4n) is 6.20. The molecule has 230 valence electrons. The maximum absolute atomic E-state index is 12.5. The van der Waals surface area contributed by atoms with E-state index in [0.717, 1.165) is 50.0 Å². The summed E-state index contributed by atoms with van der Waals surface area (Å²) in [7, 11) is 3.60. The second kappa shape index (κ2) is 12.1. The molecule has 0 bridgehead atoms. The Bertz CT molecular complexity index is 2480. The van der Waals surface area contributed by atoms with E-state index in [1.165, 1.54) is 11.1 Å². The maximum Gasteiger partial charge on any atom is 0.328 e. The van der Waals surface area contributed by atoms with Gasteiger partial charge in [0, 0.05) is 30.8 Å². The maximum atomic E-state index is 12.5. The van der Waals surface area contributed by atoms with Gasteiger partial charge in [0.15, 0.2) is 17.5 Å². The van der Waals surface area contributed by atoms with Crippen molar-refractivity contribution in [3.05, 3.63) is 162 Å². The molecular weight excluding hydrogens is 590 g/mol. The summed E-state index contributed by atoms with van der Waals surface area (Å²) in [5, 5.41) is 0. The summed E-state index contributed by atoms with van der Waals surface area (Å²) in [6, 6.07) is 51.7. The Kier molecular flexibility index (Phi) is 7.31. The second-order valence-corrected chi connectivity index (χ2v) is 11.9. The minimum atomic E-state index is -0.0460. The van der Waals surface area contributed by atoms with Crippen LogP contribution in [0, 0.1) is 0 Å². The molecule has 0 aliphatic carbocycles. The van der Waals surface area contributed by atoms with E-state index in [9.17, 15) is 4.79 Å². The number of hydrogen-bond acceptors (Lipinski definition) is 4. The van der Waals surface area contributed by atoms with Crippen molar-refractivity contribution in [2.45, 2.75) is 0 Å². The van der Waals surface area contributed by atoms with Crippen LogP contribution in [-0.4, -0.2) is 24.1 Å². The molecule has 0 saturated heterocycles. The first kappa shape index (κ1) is 29.0. The Labute approximate surface area is 278 Å². The molecule has 6 nitrogen and oxygen atoms in total. The molecule has 6 heteroatoms. The van der Waals surface area contributed by atoms with Crippen molar-refractivity contribution in [2.75, 3.05) is 0 Å². The van der Waals surface area contributed by atoms with Gasteiger partial charge >= 0.3 is 5.69 Å². The van der Waals surface area contributed by atoms with Crippen molar-refractivity contribution in [1.29, 1.82) is 0 Å². The third-order valence-electron chi connectivity index (χ3n) is 8.84. The third-order valence-corrected chi connectivity index (χ3v) is 8.84. The monoisotopic (exact) mass is 621 g/mol. The number of nitrogens with zero attached hydrogens (tertiary/aromatic N) is 5. The SMILES string of the molecule is Cn1c(=O)n(C)c2cc(-c3cccc(-c4nc(-c5ccccc5)nc(-c5cccc(-c6ccc(-c7ccccc7)cc6)c5)n4)c3)ccc21. The van der Waals surface area contributed by atoms with E-state index in [-0.39, 0.29) is 5.69 Å². The van der Waals surface area contributed by atoms with Gasteiger partial charge in [-0.15, -0.1) is 0 Å². The Balaban J connectivity index is 1.20. The van der Waals surface area contributed by atoms with E-state index in [0.29, 0.717) is 17.5 Å². The summed E-state index contributed by atoms with van der Waals surface area (Å²) in [4.78, 5) is 27.5. The van der Waals surface area contributed by atoms with Gasteiger partial charge in [-0.25, -0.2) is 19.7 Å². The van der Waals surface area contributed by atoms with Crippen LogP contribution in [0.1, 0.15) is 0 Å². The van der Waals surface area contributed by atoms with Gasteiger partial charge in [-0.05, 0) is 57.6 Å². The van der Waals surface area contributed by atoms with Crippen molar-refractivity contribution in [1.82, 2.24) is 24.1 Å². The lowest BCUT2D eigenvalue weighted by molar-refractivity contribution is 0.795. The zero-order valence-corrected chi connectivity index (χ0v) is 26.6. The standard InChI is InChI=1S/C42H31N5O/c1-46-37-24-23-34(27-38(37)47(2)42(46)48)33-16-10-18-36(26-33)41-44-39(31-13-7-4-8-14-31)43-40(45-41)35-17-9-15-32(25-35)30-21-19-29(20-22-30)28-11-5-3-6-12-28/h3-27H,1-2H3. The van der Waals surface area contributed by atoms with E-state index in [2.05, 4.69) is 84.9 Å². The normalized spacial score (nSPS) is 11.2. The van der Waals surface area contributed by atoms with Crippen LogP contribution in [0.4, 0.5) is 0 Å². The highest BCUT2D eigenvalue weighted by molar-refractivity contribution is 5.84. The molecule has 0 atom stereocenters. The molecule has 0 radical (unpaired) electrons. The van der Waals surface area contributed by atoms with Gasteiger partial charge in [0.05, 0.1) is 11.0 Å². The largest absolute Gasteiger partial charge is 0.328 e. The fraction of sp³-hybridized carbons (Fsp3) is 0.0476. The number of benzene rings is 6. The lowest BCUT2D eigenvalue weighted by atomic mass is 9.99. The minimum Gasteiger partial charge on any atom is -0.295 e. The molecule has 0 aliphatic rings. The molecule has 48 heavy (non-hydrogen) atoms. The predicted octanol–water partition coefficient (Wildman–Crippen LogP) is 9.06. The first-order chi connectivity index (χ1) is 23.5. The van der Waals surface area contributed by atoms with Gasteiger partial charge in [0.2, 0.25) is 0 Å². The van der Waals surface area contributed by atoms with E-state index in [1.807, 2.05) is 66.7 Å². The van der Waals surface area contributed by atoms with Gasteiger partial charge in [-0.1, -0.05) is 127 Å². The Morgan fingerprint density at radius 1 is 0.354 bits per heavy atom. The third kappa shape index (κ3) is 5.39. The highest BCUT2D eigenvalue weighted by Crippen LogP contribution is 2.31. The van der Waals surface area contributed by atoms with Gasteiger partial charge in [0.25, 0.3) is 0 Å². The molecule has 0 N–H and O–H groups in total. The quantitative estimate of drug-likeness (QED) is 0.186. The van der Waals surface area contributed by atoms with Gasteiger partial charge in [-0.2, -0.15) is 0 Å². The van der Waals surface area contributed by atoms with Gasteiger partial charge < -0.3 is 0 Å². The molecule has 0 fully saturated rings. The van der Waals surface area contributed by atoms with E-state index >= 15 is 0 Å². The van der Waals surface area contributed by atoms with Gasteiger partial charge in [0.1, 0.15) is 0 Å². The average Bonchev–Trinajstić information content (AvgIpc) is 3.38. The Hall–Kier alpha value is -6.40. The highest BCUT2D eigenvalue weighted by atomic mass is 16.1. The van der Waals surface area contributed by atoms with Crippen molar-refractivity contribution in [3.63, 3.8) is 0 Å². The number of rotatable bonds is 6. The van der Waals surface area contributed by atoms with Crippen LogP contribution in [0.25, 0.3) is 78.6 Å². The topological polar surface area (TPSA) is 65.6 Å². The number of fused-ring (bicyclic) bond motifs is 1. The van der Waals surface area contributed by atoms with Gasteiger partial charge in [-0.3, -0.25) is 9.13 Å². The van der Waals surface area contributed by atoms with Crippen molar-refractivity contribution in [2.24, 2.45) is 14.1 Å². The molecule has 0 unspecified atom stereocenters. The lowest BCUT2D eigenvalue weighted by Gasteiger charge is -2.11. The summed E-state index contributed by atoms with van der Waals surface area (Å²) in [6.45, 7) is 0. The van der Waals surface area contributed by atoms with E-state index in [4.69, 9.17) is 15.0 Å². The summed E-state index contributed by atoms with van der Waals surface area (Å²) < 4.78 is 3.35. The first-order valence-corrected chi connectivity index (χ1v) is 15.9. The molecule has 8 rings (SSSR count). The summed E-state index contributed by atoms with van der Waals surface area (Å²) >= 11 is 0.